The SMILES string of the molecule is C=C(Cl)/C(F)=C(/F)C(=C)Br. The predicted molar refractivity (Wildman–Crippen MR) is 42.3 cm³/mol. The molecule has 0 spiro atoms. The molecule has 0 aromatic rings. The van der Waals surface area contributed by atoms with Gasteiger partial charge in [0, 0.05) is 4.48 Å². The zero-order valence-electron chi connectivity index (χ0n) is 4.93. The van der Waals surface area contributed by atoms with Crippen molar-refractivity contribution in [3.05, 3.63) is 34.3 Å². The topological polar surface area (TPSA) is 0 Å². The molecule has 0 N–H and O–H groups in total. The molecule has 0 saturated carbocycles. The third kappa shape index (κ3) is 2.62. The van der Waals surface area contributed by atoms with E-state index < -0.39 is 16.7 Å². The number of rotatable bonds is 2. The van der Waals surface area contributed by atoms with Crippen LogP contribution in [0.5, 0.6) is 0 Å². The van der Waals surface area contributed by atoms with E-state index in [4.69, 9.17) is 11.6 Å². The van der Waals surface area contributed by atoms with Crippen molar-refractivity contribution in [3.63, 3.8) is 0 Å². The lowest BCUT2D eigenvalue weighted by Crippen LogP contribution is -1.78. The Morgan fingerprint density at radius 3 is 1.70 bits per heavy atom. The second-order valence-electron chi connectivity index (χ2n) is 1.44. The number of allylic oxidation sites excluding steroid dienone is 4. The van der Waals surface area contributed by atoms with Gasteiger partial charge in [-0.05, 0) is 15.9 Å². The van der Waals surface area contributed by atoms with Crippen molar-refractivity contribution in [1.29, 1.82) is 0 Å². The Morgan fingerprint density at radius 1 is 1.20 bits per heavy atom. The summed E-state index contributed by atoms with van der Waals surface area (Å²) in [6.07, 6.45) is 0. The van der Waals surface area contributed by atoms with Gasteiger partial charge >= 0.3 is 0 Å². The molecule has 0 aromatic carbocycles. The van der Waals surface area contributed by atoms with E-state index in [-0.39, 0.29) is 4.48 Å². The summed E-state index contributed by atoms with van der Waals surface area (Å²) >= 11 is 7.68. The van der Waals surface area contributed by atoms with Crippen molar-refractivity contribution in [2.75, 3.05) is 0 Å². The second kappa shape index (κ2) is 3.88. The van der Waals surface area contributed by atoms with Crippen LogP contribution in [0.15, 0.2) is 34.3 Å². The lowest BCUT2D eigenvalue weighted by atomic mass is 10.4. The second-order valence-corrected chi connectivity index (χ2v) is 2.85. The van der Waals surface area contributed by atoms with Gasteiger partial charge in [0.15, 0.2) is 11.7 Å². The summed E-state index contributed by atoms with van der Waals surface area (Å²) in [4.78, 5) is 0. The van der Waals surface area contributed by atoms with Gasteiger partial charge < -0.3 is 0 Å². The molecule has 10 heavy (non-hydrogen) atoms. The molecular weight excluding hydrogens is 225 g/mol. The van der Waals surface area contributed by atoms with Gasteiger partial charge in [0.05, 0.1) is 5.03 Å². The van der Waals surface area contributed by atoms with Gasteiger partial charge in [0.2, 0.25) is 0 Å². The van der Waals surface area contributed by atoms with Crippen molar-refractivity contribution in [2.45, 2.75) is 0 Å². The maximum Gasteiger partial charge on any atom is 0.177 e. The highest BCUT2D eigenvalue weighted by molar-refractivity contribution is 9.11. The quantitative estimate of drug-likeness (QED) is 0.632. The molecule has 0 rings (SSSR count). The summed E-state index contributed by atoms with van der Waals surface area (Å²) < 4.78 is 24.5. The maximum absolute atomic E-state index is 12.4. The minimum atomic E-state index is -1.19. The van der Waals surface area contributed by atoms with Crippen molar-refractivity contribution >= 4 is 27.5 Å². The van der Waals surface area contributed by atoms with Gasteiger partial charge in [-0.3, -0.25) is 0 Å². The Bertz CT molecular complexity index is 186. The van der Waals surface area contributed by atoms with Gasteiger partial charge in [0.25, 0.3) is 0 Å². The van der Waals surface area contributed by atoms with Gasteiger partial charge in [-0.15, -0.1) is 0 Å². The lowest BCUT2D eigenvalue weighted by molar-refractivity contribution is 0.569. The molecule has 0 bridgehead atoms. The molecule has 56 valence electrons. The summed E-state index contributed by atoms with van der Waals surface area (Å²) in [5.74, 6) is -2.32. The van der Waals surface area contributed by atoms with E-state index in [0.29, 0.717) is 0 Å². The molecule has 0 atom stereocenters. The molecule has 0 saturated heterocycles. The maximum atomic E-state index is 12.4. The predicted octanol–water partition coefficient (Wildman–Crippen LogP) is 3.80. The molecule has 0 fully saturated rings. The fraction of sp³-hybridized carbons (Fsp3) is 0. The first-order chi connectivity index (χ1) is 4.46. The van der Waals surface area contributed by atoms with E-state index in [1.165, 1.54) is 0 Å². The number of hydrogen-bond acceptors (Lipinski definition) is 0. The minimum Gasteiger partial charge on any atom is -0.202 e. The smallest absolute Gasteiger partial charge is 0.177 e. The first-order valence-electron chi connectivity index (χ1n) is 2.21. The van der Waals surface area contributed by atoms with Gasteiger partial charge in [0.1, 0.15) is 0 Å². The highest BCUT2D eigenvalue weighted by Crippen LogP contribution is 2.26. The van der Waals surface area contributed by atoms with Crippen LogP contribution < -0.4 is 0 Å². The van der Waals surface area contributed by atoms with E-state index >= 15 is 0 Å². The fourth-order valence-corrected chi connectivity index (χ4v) is 0.495. The molecule has 0 aliphatic heterocycles. The minimum absolute atomic E-state index is 0.188. The van der Waals surface area contributed by atoms with Crippen LogP contribution in [0, 0.1) is 0 Å². The standard InChI is InChI=1S/C6H4BrClF2/c1-3(7)5(9)6(10)4(2)8/h1-2H2/b6-5-. The number of hydrogen-bond donors (Lipinski definition) is 0. The normalized spacial score (nSPS) is 12.4. The molecule has 0 heterocycles. The Kier molecular flexibility index (Phi) is 3.83. The molecule has 0 aliphatic carbocycles. The van der Waals surface area contributed by atoms with Crippen molar-refractivity contribution in [1.82, 2.24) is 0 Å². The largest absolute Gasteiger partial charge is 0.202 e. The van der Waals surface area contributed by atoms with Gasteiger partial charge in [-0.1, -0.05) is 24.8 Å². The van der Waals surface area contributed by atoms with Gasteiger partial charge in [-0.2, -0.15) is 0 Å². The lowest BCUT2D eigenvalue weighted by Gasteiger charge is -1.94. The van der Waals surface area contributed by atoms with Crippen LogP contribution in [0.25, 0.3) is 0 Å². The Morgan fingerprint density at radius 2 is 1.60 bits per heavy atom. The molecule has 0 radical (unpaired) electrons. The van der Waals surface area contributed by atoms with Crippen LogP contribution in [0.1, 0.15) is 0 Å². The van der Waals surface area contributed by atoms with Crippen LogP contribution in [-0.2, 0) is 0 Å². The molecule has 0 aromatic heterocycles. The third-order valence-corrected chi connectivity index (χ3v) is 1.18. The molecule has 0 nitrogen and oxygen atoms in total. The summed E-state index contributed by atoms with van der Waals surface area (Å²) in [7, 11) is 0. The highest BCUT2D eigenvalue weighted by Gasteiger charge is 2.08. The number of halogens is 4. The Hall–Kier alpha value is -0.150. The van der Waals surface area contributed by atoms with Crippen molar-refractivity contribution < 1.29 is 8.78 Å². The van der Waals surface area contributed by atoms with Crippen molar-refractivity contribution in [2.24, 2.45) is 0 Å². The molecule has 0 amide bonds. The summed E-state index contributed by atoms with van der Waals surface area (Å²) in [6.45, 7) is 6.09. The van der Waals surface area contributed by atoms with Crippen LogP contribution in [0.2, 0.25) is 0 Å². The average molecular weight is 229 g/mol. The Labute approximate surface area is 71.0 Å². The van der Waals surface area contributed by atoms with Crippen molar-refractivity contribution in [3.8, 4) is 0 Å². The molecule has 0 unspecified atom stereocenters. The monoisotopic (exact) mass is 228 g/mol. The first-order valence-corrected chi connectivity index (χ1v) is 3.38. The summed E-state index contributed by atoms with van der Waals surface area (Å²) in [5, 5.41) is -0.474. The van der Waals surface area contributed by atoms with E-state index in [9.17, 15) is 8.78 Å². The average Bonchev–Trinajstić information content (AvgIpc) is 1.84. The van der Waals surface area contributed by atoms with E-state index in [1.807, 2.05) is 0 Å². The fourth-order valence-electron chi connectivity index (χ4n) is 0.238. The molecular formula is C6H4BrClF2. The van der Waals surface area contributed by atoms with Crippen LogP contribution in [0.4, 0.5) is 8.78 Å². The zero-order valence-corrected chi connectivity index (χ0v) is 7.27. The highest BCUT2D eigenvalue weighted by atomic mass is 79.9. The Balaban J connectivity index is 4.67. The van der Waals surface area contributed by atoms with E-state index in [2.05, 4.69) is 29.1 Å². The van der Waals surface area contributed by atoms with Crippen LogP contribution >= 0.6 is 27.5 Å². The molecule has 4 heteroatoms. The van der Waals surface area contributed by atoms with Crippen LogP contribution in [0.3, 0.4) is 0 Å². The zero-order chi connectivity index (χ0) is 8.31. The molecule has 0 aliphatic rings. The van der Waals surface area contributed by atoms with E-state index in [1.54, 1.807) is 0 Å². The first kappa shape index (κ1) is 9.85. The summed E-state index contributed by atoms with van der Waals surface area (Å²) in [6, 6.07) is 0. The van der Waals surface area contributed by atoms with E-state index in [0.717, 1.165) is 0 Å². The third-order valence-electron chi connectivity index (χ3n) is 0.669. The van der Waals surface area contributed by atoms with Gasteiger partial charge in [-0.25, -0.2) is 8.78 Å². The van der Waals surface area contributed by atoms with Crippen LogP contribution in [-0.4, -0.2) is 0 Å². The summed E-state index contributed by atoms with van der Waals surface area (Å²) in [5.41, 5.74) is 0.